The molecule has 1 aromatic heterocycles. The normalized spacial score (nSPS) is 10.2. The van der Waals surface area contributed by atoms with E-state index in [1.807, 2.05) is 12.3 Å². The van der Waals surface area contributed by atoms with Crippen LogP contribution in [0.5, 0.6) is 0 Å². The number of pyridine rings is 1. The van der Waals surface area contributed by atoms with Crippen LogP contribution in [0, 0.1) is 12.8 Å². The molecular formula is C12H19N3S. The Hall–Kier alpha value is -1.16. The van der Waals surface area contributed by atoms with Crippen molar-refractivity contribution < 1.29 is 0 Å². The predicted molar refractivity (Wildman–Crippen MR) is 71.3 cm³/mol. The number of aromatic nitrogens is 1. The molecule has 0 aromatic carbocycles. The van der Waals surface area contributed by atoms with E-state index in [9.17, 15) is 0 Å². The molecule has 0 fully saturated rings. The van der Waals surface area contributed by atoms with Crippen molar-refractivity contribution in [2.75, 3.05) is 6.54 Å². The van der Waals surface area contributed by atoms with Gasteiger partial charge < -0.3 is 10.6 Å². The lowest BCUT2D eigenvalue weighted by molar-refractivity contribution is 0.619. The van der Waals surface area contributed by atoms with Gasteiger partial charge >= 0.3 is 0 Å². The average Bonchev–Trinajstić information content (AvgIpc) is 2.25. The van der Waals surface area contributed by atoms with Crippen molar-refractivity contribution in [2.45, 2.75) is 27.3 Å². The van der Waals surface area contributed by atoms with Gasteiger partial charge in [0.05, 0.1) is 0 Å². The van der Waals surface area contributed by atoms with Crippen molar-refractivity contribution in [2.24, 2.45) is 5.92 Å². The molecule has 0 unspecified atom stereocenters. The third-order valence-corrected chi connectivity index (χ3v) is 2.55. The predicted octanol–water partition coefficient (Wildman–Crippen LogP) is 2.01. The molecule has 0 aliphatic heterocycles. The molecule has 2 N–H and O–H groups in total. The van der Waals surface area contributed by atoms with E-state index in [0.29, 0.717) is 11.0 Å². The zero-order valence-corrected chi connectivity index (χ0v) is 10.9. The van der Waals surface area contributed by atoms with E-state index in [-0.39, 0.29) is 0 Å². The van der Waals surface area contributed by atoms with Crippen LogP contribution in [0.3, 0.4) is 0 Å². The SMILES string of the molecule is Cc1ccncc1CNC(=S)NCC(C)C. The molecule has 0 spiro atoms. The molecule has 0 aliphatic carbocycles. The van der Waals surface area contributed by atoms with E-state index < -0.39 is 0 Å². The lowest BCUT2D eigenvalue weighted by atomic mass is 10.2. The summed E-state index contributed by atoms with van der Waals surface area (Å²) >= 11 is 5.17. The number of nitrogens with zero attached hydrogens (tertiary/aromatic N) is 1. The summed E-state index contributed by atoms with van der Waals surface area (Å²) in [5.74, 6) is 0.597. The van der Waals surface area contributed by atoms with Crippen LogP contribution in [-0.4, -0.2) is 16.6 Å². The smallest absolute Gasteiger partial charge is 0.166 e. The van der Waals surface area contributed by atoms with Gasteiger partial charge in [0.25, 0.3) is 0 Å². The fourth-order valence-corrected chi connectivity index (χ4v) is 1.37. The van der Waals surface area contributed by atoms with Crippen molar-refractivity contribution in [1.29, 1.82) is 0 Å². The molecule has 0 aliphatic rings. The molecule has 0 saturated carbocycles. The van der Waals surface area contributed by atoms with Crippen LogP contribution in [0.4, 0.5) is 0 Å². The van der Waals surface area contributed by atoms with Crippen LogP contribution >= 0.6 is 12.2 Å². The van der Waals surface area contributed by atoms with Gasteiger partial charge in [-0.05, 0) is 42.3 Å². The molecule has 88 valence electrons. The Kier molecular flexibility index (Phi) is 5.19. The number of thiocarbonyl (C=S) groups is 1. The highest BCUT2D eigenvalue weighted by Gasteiger charge is 2.00. The van der Waals surface area contributed by atoms with E-state index in [2.05, 4.69) is 36.4 Å². The molecule has 0 bridgehead atoms. The van der Waals surface area contributed by atoms with Crippen molar-refractivity contribution in [3.8, 4) is 0 Å². The lowest BCUT2D eigenvalue weighted by Gasteiger charge is -2.12. The number of hydrogen-bond donors (Lipinski definition) is 2. The summed E-state index contributed by atoms with van der Waals surface area (Å²) in [4.78, 5) is 4.09. The molecule has 0 amide bonds. The molecule has 0 atom stereocenters. The van der Waals surface area contributed by atoms with Crippen molar-refractivity contribution in [1.82, 2.24) is 15.6 Å². The van der Waals surface area contributed by atoms with Gasteiger partial charge in [-0.2, -0.15) is 0 Å². The van der Waals surface area contributed by atoms with Gasteiger partial charge in [-0.3, -0.25) is 4.98 Å². The first-order valence-electron chi connectivity index (χ1n) is 5.50. The van der Waals surface area contributed by atoms with Crippen molar-refractivity contribution in [3.05, 3.63) is 29.6 Å². The minimum atomic E-state index is 0.597. The van der Waals surface area contributed by atoms with Gasteiger partial charge in [0.1, 0.15) is 0 Å². The van der Waals surface area contributed by atoms with Crippen LogP contribution in [0.2, 0.25) is 0 Å². The van der Waals surface area contributed by atoms with Crippen LogP contribution in [0.15, 0.2) is 18.5 Å². The van der Waals surface area contributed by atoms with Crippen molar-refractivity contribution >= 4 is 17.3 Å². The Morgan fingerprint density at radius 3 is 2.81 bits per heavy atom. The maximum absolute atomic E-state index is 5.17. The maximum Gasteiger partial charge on any atom is 0.166 e. The Morgan fingerprint density at radius 1 is 1.44 bits per heavy atom. The zero-order chi connectivity index (χ0) is 12.0. The van der Waals surface area contributed by atoms with E-state index in [4.69, 9.17) is 12.2 Å². The summed E-state index contributed by atoms with van der Waals surface area (Å²) in [6.45, 7) is 8.01. The number of nitrogens with one attached hydrogen (secondary N) is 2. The summed E-state index contributed by atoms with van der Waals surface area (Å²) in [5.41, 5.74) is 2.41. The van der Waals surface area contributed by atoms with Crippen LogP contribution in [0.25, 0.3) is 0 Å². The second kappa shape index (κ2) is 6.43. The molecule has 1 rings (SSSR count). The van der Waals surface area contributed by atoms with E-state index >= 15 is 0 Å². The van der Waals surface area contributed by atoms with Gasteiger partial charge in [0.15, 0.2) is 5.11 Å². The molecule has 16 heavy (non-hydrogen) atoms. The quantitative estimate of drug-likeness (QED) is 0.786. The minimum absolute atomic E-state index is 0.597. The van der Waals surface area contributed by atoms with Gasteiger partial charge in [0, 0.05) is 25.5 Å². The van der Waals surface area contributed by atoms with Crippen LogP contribution in [-0.2, 0) is 6.54 Å². The summed E-state index contributed by atoms with van der Waals surface area (Å²) in [7, 11) is 0. The fraction of sp³-hybridized carbons (Fsp3) is 0.500. The monoisotopic (exact) mass is 237 g/mol. The standard InChI is InChI=1S/C12H19N3S/c1-9(2)6-14-12(16)15-8-11-7-13-5-4-10(11)3/h4-5,7,9H,6,8H2,1-3H3,(H2,14,15,16). The Bertz CT molecular complexity index is 350. The Morgan fingerprint density at radius 2 is 2.19 bits per heavy atom. The third kappa shape index (κ3) is 4.57. The second-order valence-electron chi connectivity index (χ2n) is 4.26. The summed E-state index contributed by atoms with van der Waals surface area (Å²) < 4.78 is 0. The third-order valence-electron chi connectivity index (χ3n) is 2.26. The first-order valence-corrected chi connectivity index (χ1v) is 5.91. The van der Waals surface area contributed by atoms with Crippen molar-refractivity contribution in [3.63, 3.8) is 0 Å². The maximum atomic E-state index is 5.17. The van der Waals surface area contributed by atoms with E-state index in [0.717, 1.165) is 13.1 Å². The highest BCUT2D eigenvalue weighted by atomic mass is 32.1. The first kappa shape index (κ1) is 12.9. The molecule has 1 aromatic rings. The molecule has 0 saturated heterocycles. The summed E-state index contributed by atoms with van der Waals surface area (Å²) in [6, 6.07) is 2.00. The largest absolute Gasteiger partial charge is 0.362 e. The molecule has 1 heterocycles. The number of rotatable bonds is 4. The topological polar surface area (TPSA) is 37.0 Å². The molecule has 0 radical (unpaired) electrons. The summed E-state index contributed by atoms with van der Waals surface area (Å²) in [5, 5.41) is 7.05. The number of aryl methyl sites for hydroxylation is 1. The van der Waals surface area contributed by atoms with Crippen LogP contribution < -0.4 is 10.6 Å². The molecular weight excluding hydrogens is 218 g/mol. The van der Waals surface area contributed by atoms with Gasteiger partial charge in [-0.15, -0.1) is 0 Å². The first-order chi connectivity index (χ1) is 7.59. The fourth-order valence-electron chi connectivity index (χ4n) is 1.22. The minimum Gasteiger partial charge on any atom is -0.362 e. The van der Waals surface area contributed by atoms with Gasteiger partial charge in [-0.1, -0.05) is 13.8 Å². The Balaban J connectivity index is 2.35. The van der Waals surface area contributed by atoms with E-state index in [1.165, 1.54) is 11.1 Å². The highest BCUT2D eigenvalue weighted by Crippen LogP contribution is 2.03. The van der Waals surface area contributed by atoms with E-state index in [1.54, 1.807) is 6.20 Å². The van der Waals surface area contributed by atoms with Gasteiger partial charge in [-0.25, -0.2) is 0 Å². The Labute approximate surface area is 103 Å². The number of hydrogen-bond acceptors (Lipinski definition) is 2. The lowest BCUT2D eigenvalue weighted by Crippen LogP contribution is -2.36. The zero-order valence-electron chi connectivity index (χ0n) is 10.1. The van der Waals surface area contributed by atoms with Gasteiger partial charge in [0.2, 0.25) is 0 Å². The molecule has 3 nitrogen and oxygen atoms in total. The highest BCUT2D eigenvalue weighted by molar-refractivity contribution is 7.80. The van der Waals surface area contributed by atoms with Crippen LogP contribution in [0.1, 0.15) is 25.0 Å². The molecule has 4 heteroatoms. The second-order valence-corrected chi connectivity index (χ2v) is 4.67. The average molecular weight is 237 g/mol. The summed E-state index contributed by atoms with van der Waals surface area (Å²) in [6.07, 6.45) is 3.67.